The van der Waals surface area contributed by atoms with Crippen LogP contribution in [0, 0.1) is 5.92 Å². The lowest BCUT2D eigenvalue weighted by molar-refractivity contribution is 0.245. The van der Waals surface area contributed by atoms with Gasteiger partial charge in [-0.3, -0.25) is 0 Å². The lowest BCUT2D eigenvalue weighted by Gasteiger charge is -2.20. The Bertz CT molecular complexity index is 343. The van der Waals surface area contributed by atoms with Crippen LogP contribution >= 0.6 is 11.6 Å². The second kappa shape index (κ2) is 8.39. The minimum Gasteiger partial charge on any atom is -0.492 e. The molecule has 0 heterocycles. The van der Waals surface area contributed by atoms with Crippen LogP contribution in [0.25, 0.3) is 0 Å². The van der Waals surface area contributed by atoms with Crippen LogP contribution in [0.4, 0.5) is 0 Å². The minimum atomic E-state index is 0.394. The van der Waals surface area contributed by atoms with Crippen molar-refractivity contribution in [1.29, 1.82) is 0 Å². The number of nitrogens with one attached hydrogen (secondary N) is 1. The lowest BCUT2D eigenvalue weighted by Crippen LogP contribution is -2.33. The first-order chi connectivity index (χ1) is 8.65. The van der Waals surface area contributed by atoms with Crippen molar-refractivity contribution in [3.8, 4) is 5.75 Å². The van der Waals surface area contributed by atoms with Crippen molar-refractivity contribution < 1.29 is 4.74 Å². The van der Waals surface area contributed by atoms with Gasteiger partial charge in [-0.2, -0.15) is 0 Å². The van der Waals surface area contributed by atoms with Gasteiger partial charge in [-0.25, -0.2) is 0 Å². The number of rotatable bonds is 8. The second-order valence-electron chi connectivity index (χ2n) is 4.88. The summed E-state index contributed by atoms with van der Waals surface area (Å²) < 4.78 is 5.77. The molecule has 2 unspecified atom stereocenters. The molecule has 1 aromatic rings. The Morgan fingerprint density at radius 1 is 1.39 bits per heavy atom. The van der Waals surface area contributed by atoms with Gasteiger partial charge >= 0.3 is 0 Å². The Labute approximate surface area is 116 Å². The molecule has 0 aliphatic heterocycles. The van der Waals surface area contributed by atoms with E-state index in [1.807, 2.05) is 31.3 Å². The molecule has 1 aromatic carbocycles. The second-order valence-corrected chi connectivity index (χ2v) is 5.32. The van der Waals surface area contributed by atoms with E-state index in [1.54, 1.807) is 0 Å². The quantitative estimate of drug-likeness (QED) is 0.766. The van der Waals surface area contributed by atoms with Gasteiger partial charge in [-0.15, -0.1) is 0 Å². The third-order valence-corrected chi connectivity index (χ3v) is 3.36. The maximum Gasteiger partial charge on any atom is 0.120 e. The Morgan fingerprint density at radius 2 is 2.17 bits per heavy atom. The maximum atomic E-state index is 5.92. The Hall–Kier alpha value is -0.730. The van der Waals surface area contributed by atoms with Crippen molar-refractivity contribution in [3.05, 3.63) is 29.3 Å². The van der Waals surface area contributed by atoms with E-state index in [1.165, 1.54) is 12.8 Å². The van der Waals surface area contributed by atoms with Crippen molar-refractivity contribution in [3.63, 3.8) is 0 Å². The molecule has 0 spiro atoms. The molecular weight excluding hydrogens is 246 g/mol. The van der Waals surface area contributed by atoms with Gasteiger partial charge in [0.15, 0.2) is 0 Å². The number of likely N-dealkylation sites (N-methyl/N-ethyl adjacent to an activating group) is 1. The molecule has 1 rings (SSSR count). The Morgan fingerprint density at radius 3 is 2.78 bits per heavy atom. The molecule has 0 saturated carbocycles. The van der Waals surface area contributed by atoms with Crippen LogP contribution in [0.2, 0.25) is 5.02 Å². The van der Waals surface area contributed by atoms with E-state index in [2.05, 4.69) is 19.2 Å². The monoisotopic (exact) mass is 269 g/mol. The molecule has 0 aliphatic carbocycles. The number of hydrogen-bond acceptors (Lipinski definition) is 2. The zero-order chi connectivity index (χ0) is 13.4. The lowest BCUT2D eigenvalue weighted by atomic mass is 9.98. The van der Waals surface area contributed by atoms with Crippen LogP contribution in [0.5, 0.6) is 5.75 Å². The van der Waals surface area contributed by atoms with Crippen molar-refractivity contribution in [2.75, 3.05) is 13.7 Å². The standard InChI is InChI=1S/C15H24ClNO/c1-4-6-12(2)9-14(17-3)11-18-15-8-5-7-13(16)10-15/h5,7-8,10,12,14,17H,4,6,9,11H2,1-3H3. The van der Waals surface area contributed by atoms with Gasteiger partial charge < -0.3 is 10.1 Å². The van der Waals surface area contributed by atoms with Crippen LogP contribution in [0.15, 0.2) is 24.3 Å². The van der Waals surface area contributed by atoms with Crippen molar-refractivity contribution >= 4 is 11.6 Å². The highest BCUT2D eigenvalue weighted by atomic mass is 35.5. The average Bonchev–Trinajstić information content (AvgIpc) is 2.35. The summed E-state index contributed by atoms with van der Waals surface area (Å²) >= 11 is 5.92. The molecule has 0 aliphatic rings. The normalized spacial score (nSPS) is 14.2. The maximum absolute atomic E-state index is 5.92. The third-order valence-electron chi connectivity index (χ3n) is 3.12. The predicted molar refractivity (Wildman–Crippen MR) is 78.5 cm³/mol. The highest BCUT2D eigenvalue weighted by Gasteiger charge is 2.11. The molecule has 0 aromatic heterocycles. The van der Waals surface area contributed by atoms with E-state index in [4.69, 9.17) is 16.3 Å². The minimum absolute atomic E-state index is 0.394. The highest BCUT2D eigenvalue weighted by molar-refractivity contribution is 6.30. The SMILES string of the molecule is CCCC(C)CC(COc1cccc(Cl)c1)NC. The molecule has 3 heteroatoms. The summed E-state index contributed by atoms with van der Waals surface area (Å²) in [7, 11) is 1.99. The molecule has 18 heavy (non-hydrogen) atoms. The highest BCUT2D eigenvalue weighted by Crippen LogP contribution is 2.18. The predicted octanol–water partition coefficient (Wildman–Crippen LogP) is 4.13. The van der Waals surface area contributed by atoms with Crippen LogP contribution in [-0.4, -0.2) is 19.7 Å². The molecule has 0 saturated heterocycles. The van der Waals surface area contributed by atoms with Gasteiger partial charge in [0.05, 0.1) is 0 Å². The number of ether oxygens (including phenoxy) is 1. The fraction of sp³-hybridized carbons (Fsp3) is 0.600. The molecule has 0 radical (unpaired) electrons. The summed E-state index contributed by atoms with van der Waals surface area (Å²) in [4.78, 5) is 0. The van der Waals surface area contributed by atoms with E-state index >= 15 is 0 Å². The van der Waals surface area contributed by atoms with Crippen LogP contribution in [-0.2, 0) is 0 Å². The topological polar surface area (TPSA) is 21.3 Å². The fourth-order valence-electron chi connectivity index (χ4n) is 2.12. The molecule has 0 amide bonds. The first-order valence-electron chi connectivity index (χ1n) is 6.71. The first-order valence-corrected chi connectivity index (χ1v) is 7.09. The number of hydrogen-bond donors (Lipinski definition) is 1. The Kier molecular flexibility index (Phi) is 7.14. The smallest absolute Gasteiger partial charge is 0.120 e. The van der Waals surface area contributed by atoms with E-state index in [9.17, 15) is 0 Å². The third kappa shape index (κ3) is 5.74. The van der Waals surface area contributed by atoms with E-state index in [0.717, 1.165) is 18.1 Å². The summed E-state index contributed by atoms with van der Waals surface area (Å²) in [5.74, 6) is 1.57. The largest absolute Gasteiger partial charge is 0.492 e. The summed E-state index contributed by atoms with van der Waals surface area (Å²) in [6, 6.07) is 7.95. The van der Waals surface area contributed by atoms with Gasteiger partial charge in [-0.05, 0) is 37.6 Å². The number of halogens is 1. The summed E-state index contributed by atoms with van der Waals surface area (Å²) in [5.41, 5.74) is 0. The van der Waals surface area contributed by atoms with E-state index in [0.29, 0.717) is 17.7 Å². The van der Waals surface area contributed by atoms with E-state index < -0.39 is 0 Å². The molecule has 2 nitrogen and oxygen atoms in total. The van der Waals surface area contributed by atoms with Crippen molar-refractivity contribution in [2.45, 2.75) is 39.2 Å². The summed E-state index contributed by atoms with van der Waals surface area (Å²) in [6.07, 6.45) is 3.66. The van der Waals surface area contributed by atoms with Gasteiger partial charge in [0.2, 0.25) is 0 Å². The van der Waals surface area contributed by atoms with Crippen molar-refractivity contribution in [2.24, 2.45) is 5.92 Å². The average molecular weight is 270 g/mol. The molecule has 2 atom stereocenters. The van der Waals surface area contributed by atoms with Gasteiger partial charge in [-0.1, -0.05) is 44.4 Å². The fourth-order valence-corrected chi connectivity index (χ4v) is 2.30. The van der Waals surface area contributed by atoms with Crippen LogP contribution in [0.1, 0.15) is 33.1 Å². The zero-order valence-corrected chi connectivity index (χ0v) is 12.3. The summed E-state index contributed by atoms with van der Waals surface area (Å²) in [6.45, 7) is 5.21. The Balaban J connectivity index is 2.39. The zero-order valence-electron chi connectivity index (χ0n) is 11.6. The van der Waals surface area contributed by atoms with Crippen LogP contribution in [0.3, 0.4) is 0 Å². The molecule has 1 N–H and O–H groups in total. The molecule has 0 fully saturated rings. The van der Waals surface area contributed by atoms with Gasteiger partial charge in [0, 0.05) is 11.1 Å². The number of benzene rings is 1. The molecular formula is C15H24ClNO. The molecule has 0 bridgehead atoms. The van der Waals surface area contributed by atoms with E-state index in [-0.39, 0.29) is 0 Å². The molecule has 102 valence electrons. The van der Waals surface area contributed by atoms with Gasteiger partial charge in [0.25, 0.3) is 0 Å². The van der Waals surface area contributed by atoms with Crippen molar-refractivity contribution in [1.82, 2.24) is 5.32 Å². The van der Waals surface area contributed by atoms with Crippen LogP contribution < -0.4 is 10.1 Å². The summed E-state index contributed by atoms with van der Waals surface area (Å²) in [5, 5.41) is 4.03. The van der Waals surface area contributed by atoms with Gasteiger partial charge in [0.1, 0.15) is 12.4 Å². The first kappa shape index (κ1) is 15.3.